The van der Waals surface area contributed by atoms with Crippen molar-refractivity contribution >= 4 is 43.2 Å². The number of sulfone groups is 1. The number of rotatable bonds is 4. The lowest BCUT2D eigenvalue weighted by Gasteiger charge is -2.12. The monoisotopic (exact) mass is 493 g/mol. The van der Waals surface area contributed by atoms with Gasteiger partial charge in [-0.3, -0.25) is 9.48 Å². The number of fused-ring (bicyclic) bond motifs is 2. The molecule has 1 saturated carbocycles. The van der Waals surface area contributed by atoms with E-state index in [1.807, 2.05) is 19.0 Å². The van der Waals surface area contributed by atoms with Crippen LogP contribution >= 0.6 is 11.6 Å². The fourth-order valence-corrected chi connectivity index (χ4v) is 5.77. The molecule has 13 heteroatoms. The van der Waals surface area contributed by atoms with E-state index in [0.717, 1.165) is 24.6 Å². The van der Waals surface area contributed by atoms with Crippen LogP contribution in [-0.2, 0) is 9.84 Å². The third kappa shape index (κ3) is 3.16. The van der Waals surface area contributed by atoms with E-state index >= 15 is 0 Å². The van der Waals surface area contributed by atoms with Crippen LogP contribution in [0.2, 0.25) is 5.02 Å². The molecule has 2 aromatic heterocycles. The van der Waals surface area contributed by atoms with E-state index < -0.39 is 37.2 Å². The van der Waals surface area contributed by atoms with Crippen LogP contribution in [0.4, 0.5) is 4.39 Å². The van der Waals surface area contributed by atoms with Crippen molar-refractivity contribution in [2.75, 3.05) is 14.1 Å². The predicted molar refractivity (Wildman–Crippen MR) is 117 cm³/mol. The van der Waals surface area contributed by atoms with E-state index in [1.54, 1.807) is 4.68 Å². The van der Waals surface area contributed by atoms with E-state index in [0.29, 0.717) is 5.52 Å². The molecular weight excluding hydrogens is 477 g/mol. The molecule has 0 aliphatic heterocycles. The second-order valence-electron chi connectivity index (χ2n) is 8.11. The molecule has 0 saturated heterocycles. The van der Waals surface area contributed by atoms with Crippen LogP contribution in [0, 0.1) is 5.82 Å². The fourth-order valence-electron chi connectivity index (χ4n) is 4.08. The molecular formula is C20H17ClFN5O5S. The van der Waals surface area contributed by atoms with Crippen molar-refractivity contribution in [2.45, 2.75) is 28.3 Å². The Hall–Kier alpha value is -3.22. The van der Waals surface area contributed by atoms with E-state index in [4.69, 9.17) is 11.6 Å². The summed E-state index contributed by atoms with van der Waals surface area (Å²) in [5.41, 5.74) is -2.49. The molecule has 10 nitrogen and oxygen atoms in total. The zero-order valence-electron chi connectivity index (χ0n) is 17.3. The molecule has 0 amide bonds. The van der Waals surface area contributed by atoms with Gasteiger partial charge in [0.15, 0.2) is 0 Å². The minimum atomic E-state index is -4.42. The lowest BCUT2D eigenvalue weighted by molar-refractivity contribution is 0.162. The molecule has 172 valence electrons. The van der Waals surface area contributed by atoms with Gasteiger partial charge in [0.05, 0.1) is 48.9 Å². The van der Waals surface area contributed by atoms with Crippen LogP contribution in [0.5, 0.6) is 0 Å². The first kappa shape index (κ1) is 21.6. The smallest absolute Gasteiger partial charge is 0.362 e. The fraction of sp³-hybridized carbons (Fsp3) is 0.250. The number of likely N-dealkylation sites (N-methyl/N-ethyl adjacent to an activating group) is 1. The number of hydrogen-bond donors (Lipinski definition) is 2. The molecule has 0 radical (unpaired) electrons. The van der Waals surface area contributed by atoms with Crippen molar-refractivity contribution in [3.8, 4) is 0 Å². The molecule has 0 spiro atoms. The summed E-state index contributed by atoms with van der Waals surface area (Å²) in [6.45, 7) is 0. The molecule has 0 unspecified atom stereocenters. The topological polar surface area (TPSA) is 130 Å². The number of H-pyrrole nitrogens is 1. The highest BCUT2D eigenvalue weighted by atomic mass is 35.5. The maximum atomic E-state index is 14.9. The highest BCUT2D eigenvalue weighted by molar-refractivity contribution is 7.91. The summed E-state index contributed by atoms with van der Waals surface area (Å²) in [7, 11) is -0.590. The van der Waals surface area contributed by atoms with Crippen molar-refractivity contribution < 1.29 is 18.0 Å². The van der Waals surface area contributed by atoms with Crippen LogP contribution in [0.25, 0.3) is 21.8 Å². The van der Waals surface area contributed by atoms with Crippen molar-refractivity contribution in [1.82, 2.24) is 24.4 Å². The van der Waals surface area contributed by atoms with Gasteiger partial charge in [-0.25, -0.2) is 17.6 Å². The molecule has 2 atom stereocenters. The van der Waals surface area contributed by atoms with E-state index in [9.17, 15) is 27.6 Å². The molecule has 1 fully saturated rings. The number of aromatic amines is 1. The number of halogens is 2. The Kier molecular flexibility index (Phi) is 4.68. The van der Waals surface area contributed by atoms with Crippen molar-refractivity contribution in [3.63, 3.8) is 0 Å². The molecule has 4 aromatic rings. The average Bonchev–Trinajstić information content (AvgIpc) is 3.43. The van der Waals surface area contributed by atoms with Gasteiger partial charge in [0.1, 0.15) is 5.82 Å². The number of hydrogen-bond acceptors (Lipinski definition) is 7. The summed E-state index contributed by atoms with van der Waals surface area (Å²) >= 11 is 6.03. The summed E-state index contributed by atoms with van der Waals surface area (Å²) < 4.78 is 43.3. The third-order valence-corrected chi connectivity index (χ3v) is 7.98. The first-order valence-electron chi connectivity index (χ1n) is 9.77. The maximum Gasteiger partial charge on any atom is 0.362 e. The van der Waals surface area contributed by atoms with Gasteiger partial charge in [-0.05, 0) is 44.8 Å². The number of aromatic nitrogens is 4. The zero-order chi connectivity index (χ0) is 23.8. The second kappa shape index (κ2) is 7.14. The van der Waals surface area contributed by atoms with Crippen LogP contribution in [0.1, 0.15) is 12.5 Å². The summed E-state index contributed by atoms with van der Waals surface area (Å²) in [4.78, 5) is 27.6. The zero-order valence-corrected chi connectivity index (χ0v) is 18.9. The van der Waals surface area contributed by atoms with Gasteiger partial charge in [-0.15, -0.1) is 0 Å². The molecule has 2 heterocycles. The van der Waals surface area contributed by atoms with E-state index in [-0.39, 0.29) is 37.6 Å². The van der Waals surface area contributed by atoms with Gasteiger partial charge < -0.3 is 15.1 Å². The Morgan fingerprint density at radius 3 is 2.67 bits per heavy atom. The number of nitrogens with zero attached hydrogens (tertiary/aromatic N) is 4. The minimum Gasteiger partial charge on any atom is -0.421 e. The first-order valence-corrected chi connectivity index (χ1v) is 11.6. The first-order chi connectivity index (χ1) is 15.5. The SMILES string of the molecule is CN(C)[C@@H]1C[C@H]1n1ncc2c(F)cc(S(=O)(=O)c3ccc(Cl)c4c(=O)n(O)c(=O)[nH]c34)cc21. The minimum absolute atomic E-state index is 0.0226. The standard InChI is InChI=1S/C20H17ClFN5O5S/c1-25(2)14-7-15(14)26-13-6-9(5-12(22)10(13)8-23-26)33(31,32)16-4-3-11(21)17-18(16)24-20(29)27(30)19(17)28/h3-6,8,14-15,30H,7H2,1-2H3,(H,24,29)/t14-,15-/m1/s1. The lowest BCUT2D eigenvalue weighted by atomic mass is 10.2. The van der Waals surface area contributed by atoms with Crippen LogP contribution in [0.3, 0.4) is 0 Å². The summed E-state index contributed by atoms with van der Waals surface area (Å²) in [6.07, 6.45) is 2.14. The highest BCUT2D eigenvalue weighted by Gasteiger charge is 2.42. The Balaban J connectivity index is 1.74. The molecule has 2 N–H and O–H groups in total. The van der Waals surface area contributed by atoms with E-state index in [2.05, 4.69) is 10.1 Å². The van der Waals surface area contributed by atoms with Crippen LogP contribution in [-0.4, -0.2) is 58.2 Å². The Labute approximate surface area is 190 Å². The maximum absolute atomic E-state index is 14.9. The molecule has 1 aliphatic carbocycles. The molecule has 1 aliphatic rings. The Morgan fingerprint density at radius 2 is 2.00 bits per heavy atom. The van der Waals surface area contributed by atoms with Gasteiger partial charge in [-0.2, -0.15) is 5.10 Å². The van der Waals surface area contributed by atoms with Gasteiger partial charge in [0.25, 0.3) is 5.56 Å². The highest BCUT2D eigenvalue weighted by Crippen LogP contribution is 2.41. The molecule has 2 aromatic carbocycles. The largest absolute Gasteiger partial charge is 0.421 e. The molecule has 0 bridgehead atoms. The Bertz CT molecular complexity index is 1690. The quantitative estimate of drug-likeness (QED) is 0.414. The van der Waals surface area contributed by atoms with Gasteiger partial charge >= 0.3 is 5.69 Å². The van der Waals surface area contributed by atoms with Crippen molar-refractivity contribution in [3.05, 3.63) is 62.1 Å². The van der Waals surface area contributed by atoms with E-state index in [1.165, 1.54) is 12.3 Å². The van der Waals surface area contributed by atoms with Crippen LogP contribution < -0.4 is 11.2 Å². The second-order valence-corrected chi connectivity index (χ2v) is 10.4. The van der Waals surface area contributed by atoms with Crippen molar-refractivity contribution in [1.29, 1.82) is 0 Å². The number of benzene rings is 2. The predicted octanol–water partition coefficient (Wildman–Crippen LogP) is 1.78. The summed E-state index contributed by atoms with van der Waals surface area (Å²) in [6, 6.07) is 4.62. The van der Waals surface area contributed by atoms with Crippen LogP contribution in [0.15, 0.2) is 49.8 Å². The molecule has 5 rings (SSSR count). The van der Waals surface area contributed by atoms with Gasteiger partial charge in [-0.1, -0.05) is 16.3 Å². The summed E-state index contributed by atoms with van der Waals surface area (Å²) in [5, 5.41) is 13.5. The van der Waals surface area contributed by atoms with Gasteiger partial charge in [0.2, 0.25) is 9.84 Å². The average molecular weight is 494 g/mol. The summed E-state index contributed by atoms with van der Waals surface area (Å²) in [5.74, 6) is -0.774. The lowest BCUT2D eigenvalue weighted by Crippen LogP contribution is -2.33. The molecule has 33 heavy (non-hydrogen) atoms. The van der Waals surface area contributed by atoms with Crippen molar-refractivity contribution in [2.24, 2.45) is 0 Å². The third-order valence-electron chi connectivity index (χ3n) is 5.89. The van der Waals surface area contributed by atoms with Gasteiger partial charge in [0, 0.05) is 6.04 Å². The Morgan fingerprint density at radius 1 is 1.27 bits per heavy atom. The normalized spacial score (nSPS) is 18.5. The number of nitrogens with one attached hydrogen (secondary N) is 1.